The number of rotatable bonds is 3. The minimum absolute atomic E-state index is 0.738. The normalized spacial score (nSPS) is 17.9. The molecule has 1 aliphatic carbocycles. The lowest BCUT2D eigenvalue weighted by Crippen LogP contribution is -2.06. The molecule has 1 aromatic rings. The highest BCUT2D eigenvalue weighted by Crippen LogP contribution is 2.38. The lowest BCUT2D eigenvalue weighted by molar-refractivity contribution is 0.704. The van der Waals surface area contributed by atoms with Gasteiger partial charge in [-0.3, -0.25) is 0 Å². The first kappa shape index (κ1) is 10.6. The maximum absolute atomic E-state index is 4.69. The molecule has 1 saturated carbocycles. The summed E-state index contributed by atoms with van der Waals surface area (Å²) in [6.07, 6.45) is 5.42. The van der Waals surface area contributed by atoms with E-state index in [9.17, 15) is 0 Å². The van der Waals surface area contributed by atoms with E-state index in [0.717, 1.165) is 12.5 Å². The fraction of sp³-hybridized carbons (Fsp3) is 0.700. The third-order valence-electron chi connectivity index (χ3n) is 2.71. The Bertz CT molecular complexity index is 305. The molecule has 2 rings (SSSR count). The van der Waals surface area contributed by atoms with Gasteiger partial charge in [0.25, 0.3) is 0 Å². The standard InChI is InChI=1S/C10H15BrN2S/c1-12-6-8-9(11)14-10(13-8)7-4-2-3-5-7/h7,12H,2-6H2,1H3. The van der Waals surface area contributed by atoms with Crippen LogP contribution in [0.2, 0.25) is 0 Å². The summed E-state index contributed by atoms with van der Waals surface area (Å²) in [6, 6.07) is 0. The smallest absolute Gasteiger partial charge is 0.0971 e. The Balaban J connectivity index is 2.14. The fourth-order valence-corrected chi connectivity index (χ4v) is 3.68. The molecule has 14 heavy (non-hydrogen) atoms. The molecule has 0 unspecified atom stereocenters. The summed E-state index contributed by atoms with van der Waals surface area (Å²) in [5.41, 5.74) is 1.17. The first-order chi connectivity index (χ1) is 6.81. The highest BCUT2D eigenvalue weighted by molar-refractivity contribution is 9.11. The summed E-state index contributed by atoms with van der Waals surface area (Å²) in [7, 11) is 1.96. The molecule has 1 fully saturated rings. The van der Waals surface area contributed by atoms with Crippen LogP contribution in [-0.4, -0.2) is 12.0 Å². The summed E-state index contributed by atoms with van der Waals surface area (Å²) in [5, 5.41) is 4.48. The van der Waals surface area contributed by atoms with Crippen molar-refractivity contribution in [2.75, 3.05) is 7.05 Å². The molecule has 0 bridgehead atoms. The first-order valence-corrected chi connectivity index (χ1v) is 6.72. The van der Waals surface area contributed by atoms with Crippen LogP contribution in [0.15, 0.2) is 3.79 Å². The van der Waals surface area contributed by atoms with Gasteiger partial charge in [0.2, 0.25) is 0 Å². The van der Waals surface area contributed by atoms with Gasteiger partial charge in [0.15, 0.2) is 0 Å². The summed E-state index contributed by atoms with van der Waals surface area (Å²) in [4.78, 5) is 4.69. The highest BCUT2D eigenvalue weighted by Gasteiger charge is 2.21. The van der Waals surface area contributed by atoms with E-state index in [-0.39, 0.29) is 0 Å². The molecule has 0 spiro atoms. The molecule has 1 heterocycles. The minimum Gasteiger partial charge on any atom is -0.314 e. The third kappa shape index (κ3) is 2.18. The van der Waals surface area contributed by atoms with Crippen molar-refractivity contribution in [2.45, 2.75) is 38.1 Å². The number of nitrogens with zero attached hydrogens (tertiary/aromatic N) is 1. The lowest BCUT2D eigenvalue weighted by Gasteiger charge is -2.02. The Hall–Kier alpha value is 0.0700. The van der Waals surface area contributed by atoms with Gasteiger partial charge >= 0.3 is 0 Å². The molecule has 1 N–H and O–H groups in total. The van der Waals surface area contributed by atoms with Gasteiger partial charge in [-0.2, -0.15) is 0 Å². The Morgan fingerprint density at radius 3 is 2.86 bits per heavy atom. The Kier molecular flexibility index (Phi) is 3.57. The van der Waals surface area contributed by atoms with E-state index in [1.54, 1.807) is 0 Å². The van der Waals surface area contributed by atoms with Gasteiger partial charge in [0.05, 0.1) is 14.5 Å². The van der Waals surface area contributed by atoms with E-state index < -0.39 is 0 Å². The van der Waals surface area contributed by atoms with Crippen molar-refractivity contribution < 1.29 is 0 Å². The molecule has 0 atom stereocenters. The van der Waals surface area contributed by atoms with Crippen molar-refractivity contribution in [3.05, 3.63) is 14.5 Å². The zero-order valence-corrected chi connectivity index (χ0v) is 10.7. The quantitative estimate of drug-likeness (QED) is 0.915. The first-order valence-electron chi connectivity index (χ1n) is 5.11. The Morgan fingerprint density at radius 1 is 1.50 bits per heavy atom. The van der Waals surface area contributed by atoms with Crippen LogP contribution in [-0.2, 0) is 6.54 Å². The number of hydrogen-bond donors (Lipinski definition) is 1. The number of hydrogen-bond acceptors (Lipinski definition) is 3. The molecule has 78 valence electrons. The van der Waals surface area contributed by atoms with Crippen molar-refractivity contribution in [2.24, 2.45) is 0 Å². The largest absolute Gasteiger partial charge is 0.314 e. The zero-order valence-electron chi connectivity index (χ0n) is 8.35. The van der Waals surface area contributed by atoms with Crippen LogP contribution in [0.5, 0.6) is 0 Å². The van der Waals surface area contributed by atoms with E-state index >= 15 is 0 Å². The van der Waals surface area contributed by atoms with Gasteiger partial charge in [-0.1, -0.05) is 12.8 Å². The molecule has 0 aliphatic heterocycles. The minimum atomic E-state index is 0.738. The molecule has 1 aromatic heterocycles. The maximum atomic E-state index is 4.69. The molecule has 1 aliphatic rings. The number of nitrogens with one attached hydrogen (secondary N) is 1. The Labute approximate surface area is 97.3 Å². The predicted octanol–water partition coefficient (Wildman–Crippen LogP) is 3.28. The molecular weight excluding hydrogens is 260 g/mol. The molecule has 0 aromatic carbocycles. The molecule has 2 nitrogen and oxygen atoms in total. The topological polar surface area (TPSA) is 24.9 Å². The number of halogens is 1. The van der Waals surface area contributed by atoms with Crippen LogP contribution >= 0.6 is 27.3 Å². The maximum Gasteiger partial charge on any atom is 0.0971 e. The predicted molar refractivity (Wildman–Crippen MR) is 63.8 cm³/mol. The summed E-state index contributed by atoms with van der Waals surface area (Å²) < 4.78 is 1.20. The third-order valence-corrected chi connectivity index (χ3v) is 4.71. The van der Waals surface area contributed by atoms with Gasteiger partial charge in [0.1, 0.15) is 0 Å². The molecule has 4 heteroatoms. The molecule has 0 amide bonds. The summed E-state index contributed by atoms with van der Waals surface area (Å²) in [5.74, 6) is 0.738. The number of thiazole rings is 1. The Morgan fingerprint density at radius 2 is 2.21 bits per heavy atom. The van der Waals surface area contributed by atoms with Gasteiger partial charge in [-0.25, -0.2) is 4.98 Å². The lowest BCUT2D eigenvalue weighted by atomic mass is 10.1. The average molecular weight is 275 g/mol. The van der Waals surface area contributed by atoms with Crippen LogP contribution in [0.25, 0.3) is 0 Å². The van der Waals surface area contributed by atoms with Crippen LogP contribution in [0.1, 0.15) is 42.3 Å². The van der Waals surface area contributed by atoms with Crippen LogP contribution in [0.4, 0.5) is 0 Å². The average Bonchev–Trinajstić information content (AvgIpc) is 2.76. The molecule has 0 saturated heterocycles. The second-order valence-corrected chi connectivity index (χ2v) is 6.13. The van der Waals surface area contributed by atoms with E-state index in [4.69, 9.17) is 4.98 Å². The van der Waals surface area contributed by atoms with Gasteiger partial charge < -0.3 is 5.32 Å². The van der Waals surface area contributed by atoms with Crippen molar-refractivity contribution in [3.63, 3.8) is 0 Å². The second kappa shape index (κ2) is 4.73. The van der Waals surface area contributed by atoms with E-state index in [2.05, 4.69) is 21.2 Å². The SMILES string of the molecule is CNCc1nc(C2CCCC2)sc1Br. The second-order valence-electron chi connectivity index (χ2n) is 3.78. The van der Waals surface area contributed by atoms with Crippen molar-refractivity contribution in [1.82, 2.24) is 10.3 Å². The van der Waals surface area contributed by atoms with E-state index in [1.165, 1.54) is 40.2 Å². The van der Waals surface area contributed by atoms with Crippen molar-refractivity contribution in [3.8, 4) is 0 Å². The van der Waals surface area contributed by atoms with Crippen LogP contribution in [0, 0.1) is 0 Å². The molecule has 0 radical (unpaired) electrons. The van der Waals surface area contributed by atoms with Crippen molar-refractivity contribution in [1.29, 1.82) is 0 Å². The van der Waals surface area contributed by atoms with Gasteiger partial charge in [-0.05, 0) is 35.8 Å². The zero-order chi connectivity index (χ0) is 9.97. The van der Waals surface area contributed by atoms with E-state index in [1.807, 2.05) is 18.4 Å². The fourth-order valence-electron chi connectivity index (χ4n) is 1.97. The highest BCUT2D eigenvalue weighted by atomic mass is 79.9. The van der Waals surface area contributed by atoms with Crippen LogP contribution < -0.4 is 5.32 Å². The van der Waals surface area contributed by atoms with Crippen molar-refractivity contribution >= 4 is 27.3 Å². The number of aromatic nitrogens is 1. The molecular formula is C10H15BrN2S. The van der Waals surface area contributed by atoms with Gasteiger partial charge in [-0.15, -0.1) is 11.3 Å². The van der Waals surface area contributed by atoms with Gasteiger partial charge in [0, 0.05) is 12.5 Å². The van der Waals surface area contributed by atoms with Crippen LogP contribution in [0.3, 0.4) is 0 Å². The monoisotopic (exact) mass is 274 g/mol. The summed E-state index contributed by atoms with van der Waals surface area (Å²) >= 11 is 5.40. The summed E-state index contributed by atoms with van der Waals surface area (Å²) in [6.45, 7) is 0.865. The van der Waals surface area contributed by atoms with E-state index in [0.29, 0.717) is 0 Å².